The lowest BCUT2D eigenvalue weighted by Crippen LogP contribution is -2.14. The smallest absolute Gasteiger partial charge is 0.322 e. The van der Waals surface area contributed by atoms with Crippen LogP contribution in [-0.4, -0.2) is 30.3 Å². The molecule has 1 N–H and O–H groups in total. The standard InChI is InChI=1S/C15H13N3O5/c1-20-9-5-3-6-10(21-2)12(9)13(19)16-15-18-17-14(23-15)11-7-4-8-22-11/h3-8H,1-2H3,(H,16,18,19). The van der Waals surface area contributed by atoms with E-state index in [2.05, 4.69) is 15.5 Å². The van der Waals surface area contributed by atoms with Crippen LogP contribution in [0.3, 0.4) is 0 Å². The number of aromatic nitrogens is 2. The van der Waals surface area contributed by atoms with Crippen LogP contribution < -0.4 is 14.8 Å². The molecule has 2 heterocycles. The van der Waals surface area contributed by atoms with E-state index in [1.54, 1.807) is 30.3 Å². The fourth-order valence-electron chi connectivity index (χ4n) is 2.01. The van der Waals surface area contributed by atoms with Gasteiger partial charge in [0.2, 0.25) is 0 Å². The van der Waals surface area contributed by atoms with Crippen molar-refractivity contribution in [3.8, 4) is 23.1 Å². The molecule has 0 saturated carbocycles. The minimum atomic E-state index is -0.492. The van der Waals surface area contributed by atoms with E-state index in [0.29, 0.717) is 17.3 Å². The Balaban J connectivity index is 1.85. The second kappa shape index (κ2) is 6.22. The number of ether oxygens (including phenoxy) is 2. The Hall–Kier alpha value is -3.29. The largest absolute Gasteiger partial charge is 0.496 e. The fourth-order valence-corrected chi connectivity index (χ4v) is 2.01. The summed E-state index contributed by atoms with van der Waals surface area (Å²) in [6.07, 6.45) is 1.48. The highest BCUT2D eigenvalue weighted by Gasteiger charge is 2.21. The number of hydrogen-bond acceptors (Lipinski definition) is 7. The van der Waals surface area contributed by atoms with Crippen LogP contribution in [0.25, 0.3) is 11.7 Å². The van der Waals surface area contributed by atoms with Crippen molar-refractivity contribution in [2.24, 2.45) is 0 Å². The maximum atomic E-state index is 12.4. The SMILES string of the molecule is COc1cccc(OC)c1C(=O)Nc1nnc(-c2ccco2)o1. The van der Waals surface area contributed by atoms with Gasteiger partial charge in [-0.05, 0) is 24.3 Å². The molecule has 8 nitrogen and oxygen atoms in total. The molecule has 118 valence electrons. The number of rotatable bonds is 5. The molecule has 8 heteroatoms. The van der Waals surface area contributed by atoms with Crippen LogP contribution in [0.2, 0.25) is 0 Å². The third kappa shape index (κ3) is 2.86. The number of hydrogen-bond donors (Lipinski definition) is 1. The molecule has 1 aromatic carbocycles. The first-order valence-corrected chi connectivity index (χ1v) is 6.62. The van der Waals surface area contributed by atoms with E-state index < -0.39 is 5.91 Å². The summed E-state index contributed by atoms with van der Waals surface area (Å²) in [7, 11) is 2.93. The van der Waals surface area contributed by atoms with Gasteiger partial charge < -0.3 is 18.3 Å². The molecule has 0 aliphatic heterocycles. The number of carbonyl (C=O) groups excluding carboxylic acids is 1. The van der Waals surface area contributed by atoms with Crippen LogP contribution in [0.5, 0.6) is 11.5 Å². The van der Waals surface area contributed by atoms with E-state index in [-0.39, 0.29) is 17.5 Å². The van der Waals surface area contributed by atoms with Crippen molar-refractivity contribution in [3.63, 3.8) is 0 Å². The van der Waals surface area contributed by atoms with Gasteiger partial charge in [-0.25, -0.2) is 0 Å². The molecule has 0 bridgehead atoms. The Labute approximate surface area is 131 Å². The van der Waals surface area contributed by atoms with E-state index in [1.165, 1.54) is 20.5 Å². The number of methoxy groups -OCH3 is 2. The topological polar surface area (TPSA) is 99.6 Å². The lowest BCUT2D eigenvalue weighted by Gasteiger charge is -2.11. The van der Waals surface area contributed by atoms with Crippen molar-refractivity contribution in [2.75, 3.05) is 19.5 Å². The maximum absolute atomic E-state index is 12.4. The van der Waals surface area contributed by atoms with Crippen LogP contribution in [0.1, 0.15) is 10.4 Å². The molecule has 1 amide bonds. The summed E-state index contributed by atoms with van der Waals surface area (Å²) in [5.74, 6) is 0.819. The second-order valence-electron chi connectivity index (χ2n) is 4.38. The summed E-state index contributed by atoms with van der Waals surface area (Å²) in [6, 6.07) is 8.32. The molecule has 3 aromatic rings. The number of amides is 1. The van der Waals surface area contributed by atoms with E-state index in [1.807, 2.05) is 0 Å². The van der Waals surface area contributed by atoms with Crippen molar-refractivity contribution in [3.05, 3.63) is 42.2 Å². The normalized spacial score (nSPS) is 10.3. The molecule has 0 radical (unpaired) electrons. The number of carbonyl (C=O) groups is 1. The van der Waals surface area contributed by atoms with Crippen LogP contribution in [0.15, 0.2) is 45.4 Å². The van der Waals surface area contributed by atoms with Gasteiger partial charge in [0.25, 0.3) is 11.8 Å². The van der Waals surface area contributed by atoms with E-state index >= 15 is 0 Å². The second-order valence-corrected chi connectivity index (χ2v) is 4.38. The molecule has 0 fully saturated rings. The summed E-state index contributed by atoms with van der Waals surface area (Å²) in [5, 5.41) is 10.1. The molecule has 0 atom stereocenters. The van der Waals surface area contributed by atoms with Crippen LogP contribution >= 0.6 is 0 Å². The van der Waals surface area contributed by atoms with E-state index in [9.17, 15) is 4.79 Å². The molecule has 0 spiro atoms. The molecular weight excluding hydrogens is 302 g/mol. The molecular formula is C15H13N3O5. The highest BCUT2D eigenvalue weighted by molar-refractivity contribution is 6.07. The van der Waals surface area contributed by atoms with Gasteiger partial charge in [0, 0.05) is 0 Å². The number of nitrogens with one attached hydrogen (secondary N) is 1. The first kappa shape index (κ1) is 14.6. The van der Waals surface area contributed by atoms with Crippen molar-refractivity contribution >= 4 is 11.9 Å². The van der Waals surface area contributed by atoms with Gasteiger partial charge in [0.05, 0.1) is 20.5 Å². The van der Waals surface area contributed by atoms with Crippen molar-refractivity contribution in [1.82, 2.24) is 10.2 Å². The Bertz CT molecular complexity index is 788. The van der Waals surface area contributed by atoms with Gasteiger partial charge in [-0.1, -0.05) is 11.2 Å². The average Bonchev–Trinajstić information content (AvgIpc) is 3.25. The first-order chi connectivity index (χ1) is 11.2. The lowest BCUT2D eigenvalue weighted by atomic mass is 10.1. The first-order valence-electron chi connectivity index (χ1n) is 6.62. The number of nitrogens with zero attached hydrogens (tertiary/aromatic N) is 2. The van der Waals surface area contributed by atoms with Crippen LogP contribution in [-0.2, 0) is 0 Å². The lowest BCUT2D eigenvalue weighted by molar-refractivity contribution is 0.101. The van der Waals surface area contributed by atoms with E-state index in [0.717, 1.165) is 0 Å². The predicted molar refractivity (Wildman–Crippen MR) is 79.5 cm³/mol. The highest BCUT2D eigenvalue weighted by atomic mass is 16.5. The Morgan fingerprint density at radius 3 is 2.43 bits per heavy atom. The van der Waals surface area contributed by atoms with Gasteiger partial charge in [-0.3, -0.25) is 10.1 Å². The number of benzene rings is 1. The predicted octanol–water partition coefficient (Wildman–Crippen LogP) is 2.60. The zero-order valence-electron chi connectivity index (χ0n) is 12.4. The molecule has 23 heavy (non-hydrogen) atoms. The van der Waals surface area contributed by atoms with Gasteiger partial charge in [0.15, 0.2) is 5.76 Å². The number of anilines is 1. The summed E-state index contributed by atoms with van der Waals surface area (Å²) in [4.78, 5) is 12.4. The highest BCUT2D eigenvalue weighted by Crippen LogP contribution is 2.29. The van der Waals surface area contributed by atoms with E-state index in [4.69, 9.17) is 18.3 Å². The van der Waals surface area contributed by atoms with Crippen molar-refractivity contribution in [1.29, 1.82) is 0 Å². The minimum Gasteiger partial charge on any atom is -0.496 e. The van der Waals surface area contributed by atoms with Gasteiger partial charge in [0.1, 0.15) is 17.1 Å². The summed E-state index contributed by atoms with van der Waals surface area (Å²) >= 11 is 0. The average molecular weight is 315 g/mol. The molecule has 0 saturated heterocycles. The molecule has 2 aromatic heterocycles. The summed E-state index contributed by atoms with van der Waals surface area (Å²) in [5.41, 5.74) is 0.232. The quantitative estimate of drug-likeness (QED) is 0.772. The van der Waals surface area contributed by atoms with Gasteiger partial charge >= 0.3 is 6.01 Å². The summed E-state index contributed by atoms with van der Waals surface area (Å²) < 4.78 is 20.9. The minimum absolute atomic E-state index is 0.0608. The van der Waals surface area contributed by atoms with Crippen molar-refractivity contribution < 1.29 is 23.1 Å². The zero-order chi connectivity index (χ0) is 16.2. The molecule has 0 aliphatic rings. The Kier molecular flexibility index (Phi) is 3.96. The van der Waals surface area contributed by atoms with Gasteiger partial charge in [-0.2, -0.15) is 0 Å². The number of furan rings is 1. The molecule has 0 unspecified atom stereocenters. The summed E-state index contributed by atoms with van der Waals surface area (Å²) in [6.45, 7) is 0. The molecule has 0 aliphatic carbocycles. The third-order valence-electron chi connectivity index (χ3n) is 3.03. The van der Waals surface area contributed by atoms with Crippen LogP contribution in [0.4, 0.5) is 6.01 Å². The maximum Gasteiger partial charge on any atom is 0.322 e. The molecule has 3 rings (SSSR count). The monoisotopic (exact) mass is 315 g/mol. The van der Waals surface area contributed by atoms with Gasteiger partial charge in [-0.15, -0.1) is 5.10 Å². The Morgan fingerprint density at radius 1 is 1.09 bits per heavy atom. The van der Waals surface area contributed by atoms with Crippen molar-refractivity contribution in [2.45, 2.75) is 0 Å². The fraction of sp³-hybridized carbons (Fsp3) is 0.133. The van der Waals surface area contributed by atoms with Crippen LogP contribution in [0, 0.1) is 0 Å². The third-order valence-corrected chi connectivity index (χ3v) is 3.03. The Morgan fingerprint density at radius 2 is 1.83 bits per heavy atom. The zero-order valence-corrected chi connectivity index (χ0v) is 12.4.